The Bertz CT molecular complexity index is 49.5. The van der Waals surface area contributed by atoms with Crippen LogP contribution in [0.4, 0.5) is 4.79 Å². The number of amides is 2. The molecule has 4 radical (unpaired) electrons. The lowest BCUT2D eigenvalue weighted by Gasteiger charge is -1.91. The lowest BCUT2D eigenvalue weighted by atomic mass is 10.4. The van der Waals surface area contributed by atoms with E-state index in [-0.39, 0.29) is 0 Å². The highest BCUT2D eigenvalue weighted by molar-refractivity contribution is 6.21. The SMILES string of the molecule is [B]NC(=O)N[B]. The molecular formula is CH2B2N2O. The summed E-state index contributed by atoms with van der Waals surface area (Å²) in [6, 6.07) is -0.602. The van der Waals surface area contributed by atoms with Crippen molar-refractivity contribution in [2.45, 2.75) is 0 Å². The van der Waals surface area contributed by atoms with E-state index in [1.54, 1.807) is 10.5 Å². The van der Waals surface area contributed by atoms with Gasteiger partial charge in [-0.2, -0.15) is 0 Å². The summed E-state index contributed by atoms with van der Waals surface area (Å²) in [5.74, 6) is 0. The van der Waals surface area contributed by atoms with Gasteiger partial charge in [-0.05, 0) is 0 Å². The van der Waals surface area contributed by atoms with Gasteiger partial charge in [-0.25, -0.2) is 0 Å². The monoisotopic (exact) mass is 80.0 g/mol. The maximum absolute atomic E-state index is 9.71. The highest BCUT2D eigenvalue weighted by atomic mass is 16.2. The molecule has 5 heteroatoms. The summed E-state index contributed by atoms with van der Waals surface area (Å²) in [5, 5.41) is 3.48. The molecule has 0 unspecified atom stereocenters. The van der Waals surface area contributed by atoms with Crippen LogP contribution in [0.3, 0.4) is 0 Å². The Kier molecular flexibility index (Phi) is 2.36. The largest absolute Gasteiger partial charge is 0.393 e. The van der Waals surface area contributed by atoms with Gasteiger partial charge in [0.1, 0.15) is 0 Å². The molecule has 0 spiro atoms. The molecule has 0 bridgehead atoms. The maximum atomic E-state index is 9.71. The fraction of sp³-hybridized carbons (Fsp3) is 0. The van der Waals surface area contributed by atoms with Gasteiger partial charge in [-0.15, -0.1) is 0 Å². The zero-order valence-corrected chi connectivity index (χ0v) is 3.06. The molecule has 0 rings (SSSR count). The lowest BCUT2D eigenvalue weighted by molar-refractivity contribution is 0.251. The van der Waals surface area contributed by atoms with Crippen molar-refractivity contribution < 1.29 is 4.79 Å². The first-order chi connectivity index (χ1) is 2.81. The molecule has 3 nitrogen and oxygen atoms in total. The van der Waals surface area contributed by atoms with E-state index < -0.39 is 6.03 Å². The van der Waals surface area contributed by atoms with Crippen LogP contribution in [0.25, 0.3) is 0 Å². The van der Waals surface area contributed by atoms with Gasteiger partial charge in [0.15, 0.2) is 0 Å². The van der Waals surface area contributed by atoms with Crippen molar-refractivity contribution in [2.75, 3.05) is 0 Å². The van der Waals surface area contributed by atoms with E-state index in [2.05, 4.69) is 16.0 Å². The van der Waals surface area contributed by atoms with Crippen LogP contribution in [0.5, 0.6) is 0 Å². The summed E-state index contributed by atoms with van der Waals surface area (Å²) in [5.41, 5.74) is 0. The van der Waals surface area contributed by atoms with Crippen molar-refractivity contribution in [3.63, 3.8) is 0 Å². The van der Waals surface area contributed by atoms with Gasteiger partial charge in [0.25, 0.3) is 6.03 Å². The fourth-order valence-corrected chi connectivity index (χ4v) is 0.0417. The Labute approximate surface area is 38.3 Å². The summed E-state index contributed by atoms with van der Waals surface area (Å²) in [4.78, 5) is 9.71. The van der Waals surface area contributed by atoms with Crippen molar-refractivity contribution in [1.82, 2.24) is 10.5 Å². The predicted octanol–water partition coefficient (Wildman–Crippen LogP) is -1.55. The van der Waals surface area contributed by atoms with Crippen LogP contribution in [0.15, 0.2) is 0 Å². The Balaban J connectivity index is 2.99. The molecule has 0 fully saturated rings. The molecule has 0 aromatic heterocycles. The van der Waals surface area contributed by atoms with E-state index in [0.29, 0.717) is 0 Å². The van der Waals surface area contributed by atoms with Crippen LogP contribution in [0.1, 0.15) is 0 Å². The number of hydrogen-bond donors (Lipinski definition) is 2. The smallest absolute Gasteiger partial charge is 0.288 e. The third-order valence-electron chi connectivity index (χ3n) is 0.262. The van der Waals surface area contributed by atoms with E-state index in [9.17, 15) is 4.79 Å². The average molecular weight is 79.7 g/mol. The van der Waals surface area contributed by atoms with E-state index in [1.807, 2.05) is 0 Å². The zero-order valence-electron chi connectivity index (χ0n) is 3.06. The normalized spacial score (nSPS) is 6.67. The third kappa shape index (κ3) is 1.69. The van der Waals surface area contributed by atoms with Gasteiger partial charge in [0.2, 0.25) is 16.0 Å². The molecule has 0 atom stereocenters. The summed E-state index contributed by atoms with van der Waals surface area (Å²) >= 11 is 0. The zero-order chi connectivity index (χ0) is 4.99. The molecule has 0 saturated heterocycles. The van der Waals surface area contributed by atoms with Gasteiger partial charge < -0.3 is 10.5 Å². The maximum Gasteiger partial charge on any atom is 0.288 e. The molecule has 28 valence electrons. The standard InChI is InChI=1S/CH2B2N2O/c2-4-1(6)5-3/h(H2,4,5,6). The average Bonchev–Trinajstić information content (AvgIpc) is 1.65. The molecular weight excluding hydrogens is 77.6 g/mol. The number of carbonyl (C=O) groups excluding carboxylic acids is 1. The minimum Gasteiger partial charge on any atom is -0.393 e. The topological polar surface area (TPSA) is 41.1 Å². The van der Waals surface area contributed by atoms with E-state index in [0.717, 1.165) is 0 Å². The van der Waals surface area contributed by atoms with Crippen LogP contribution in [0.2, 0.25) is 0 Å². The Morgan fingerprint density at radius 3 is 1.67 bits per heavy atom. The van der Waals surface area contributed by atoms with E-state index >= 15 is 0 Å². The number of carbonyl (C=O) groups is 1. The quantitative estimate of drug-likeness (QED) is 0.340. The third-order valence-corrected chi connectivity index (χ3v) is 0.262. The first-order valence-corrected chi connectivity index (χ1v) is 1.28. The van der Waals surface area contributed by atoms with Crippen molar-refractivity contribution in [1.29, 1.82) is 0 Å². The highest BCUT2D eigenvalue weighted by Gasteiger charge is 1.81. The molecule has 0 saturated carbocycles. The van der Waals surface area contributed by atoms with E-state index in [1.165, 1.54) is 0 Å². The fourth-order valence-electron chi connectivity index (χ4n) is 0.0417. The second kappa shape index (κ2) is 2.63. The number of urea groups is 1. The second-order valence-electron chi connectivity index (χ2n) is 0.618. The lowest BCUT2D eigenvalue weighted by Crippen LogP contribution is -2.31. The molecule has 0 aliphatic rings. The predicted molar refractivity (Wildman–Crippen MR) is 23.2 cm³/mol. The summed E-state index contributed by atoms with van der Waals surface area (Å²) in [7, 11) is 9.08. The minimum atomic E-state index is -0.602. The van der Waals surface area contributed by atoms with Gasteiger partial charge in [0.05, 0.1) is 0 Å². The summed E-state index contributed by atoms with van der Waals surface area (Å²) in [6.07, 6.45) is 0. The highest BCUT2D eigenvalue weighted by Crippen LogP contribution is 1.46. The molecule has 0 aliphatic heterocycles. The van der Waals surface area contributed by atoms with Crippen LogP contribution in [-0.4, -0.2) is 22.0 Å². The minimum absolute atomic E-state index is 0.602. The molecule has 0 aromatic rings. The van der Waals surface area contributed by atoms with Gasteiger partial charge in [-0.3, -0.25) is 4.79 Å². The van der Waals surface area contributed by atoms with E-state index in [4.69, 9.17) is 0 Å². The molecule has 0 heterocycles. The molecule has 6 heavy (non-hydrogen) atoms. The van der Waals surface area contributed by atoms with Gasteiger partial charge >= 0.3 is 0 Å². The Morgan fingerprint density at radius 2 is 1.67 bits per heavy atom. The number of nitrogens with one attached hydrogen (secondary N) is 2. The van der Waals surface area contributed by atoms with Crippen LogP contribution < -0.4 is 10.5 Å². The van der Waals surface area contributed by atoms with Crippen molar-refractivity contribution in [3.05, 3.63) is 0 Å². The molecule has 2 N–H and O–H groups in total. The summed E-state index contributed by atoms with van der Waals surface area (Å²) in [6.45, 7) is 0. The Hall–Kier alpha value is -0.600. The molecule has 0 aromatic carbocycles. The molecule has 0 aliphatic carbocycles. The second-order valence-corrected chi connectivity index (χ2v) is 0.618. The van der Waals surface area contributed by atoms with Gasteiger partial charge in [0, 0.05) is 0 Å². The molecule has 2 amide bonds. The van der Waals surface area contributed by atoms with Crippen LogP contribution in [-0.2, 0) is 0 Å². The number of hydrogen-bond acceptors (Lipinski definition) is 1. The van der Waals surface area contributed by atoms with Crippen LogP contribution >= 0.6 is 0 Å². The first-order valence-electron chi connectivity index (χ1n) is 1.28. The number of rotatable bonds is 0. The summed E-state index contributed by atoms with van der Waals surface area (Å²) < 4.78 is 0. The Morgan fingerprint density at radius 1 is 1.33 bits per heavy atom. The van der Waals surface area contributed by atoms with Crippen LogP contribution in [0, 0.1) is 0 Å². The van der Waals surface area contributed by atoms with Crippen molar-refractivity contribution in [3.8, 4) is 0 Å². The van der Waals surface area contributed by atoms with Crippen molar-refractivity contribution in [2.24, 2.45) is 0 Å². The van der Waals surface area contributed by atoms with Crippen molar-refractivity contribution >= 4 is 22.0 Å². The first kappa shape index (κ1) is 5.40. The van der Waals surface area contributed by atoms with Gasteiger partial charge in [-0.1, -0.05) is 0 Å².